The molecule has 3 rings (SSSR count). The summed E-state index contributed by atoms with van der Waals surface area (Å²) < 4.78 is 10.9. The Balaban J connectivity index is 1.65. The summed E-state index contributed by atoms with van der Waals surface area (Å²) in [4.78, 5) is 12.6. The van der Waals surface area contributed by atoms with Gasteiger partial charge in [0.15, 0.2) is 6.61 Å². The van der Waals surface area contributed by atoms with E-state index in [2.05, 4.69) is 0 Å². The Morgan fingerprint density at radius 2 is 1.37 bits per heavy atom. The van der Waals surface area contributed by atoms with Crippen molar-refractivity contribution in [3.8, 4) is 11.5 Å². The van der Waals surface area contributed by atoms with E-state index in [9.17, 15) is 15.0 Å². The molecule has 0 aromatic heterocycles. The van der Waals surface area contributed by atoms with Crippen molar-refractivity contribution >= 4 is 5.97 Å². The molecule has 0 amide bonds. The lowest BCUT2D eigenvalue weighted by atomic mass is 10.0. The van der Waals surface area contributed by atoms with Gasteiger partial charge in [-0.15, -0.1) is 0 Å². The summed E-state index contributed by atoms with van der Waals surface area (Å²) in [6.07, 6.45) is -0.539. The average Bonchev–Trinajstić information content (AvgIpc) is 2.86. The number of rotatable bonds is 14. The highest BCUT2D eigenvalue weighted by Gasteiger charge is 2.25. The maximum absolute atomic E-state index is 11.1. The Bertz CT molecular complexity index is 1010. The Labute approximate surface area is 206 Å². The number of carbonyl (C=O) groups is 1. The number of carboxylic acids is 1. The number of ether oxygens (including phenoxy) is 2. The van der Waals surface area contributed by atoms with Gasteiger partial charge in [-0.1, -0.05) is 60.7 Å². The quantitative estimate of drug-likeness (QED) is 0.305. The molecule has 0 unspecified atom stereocenters. The molecular weight excluding hydrogens is 446 g/mol. The Hall–Kier alpha value is -3.39. The second-order valence-electron chi connectivity index (χ2n) is 8.52. The monoisotopic (exact) mass is 479 g/mol. The number of aliphatic carboxylic acids is 1. The second kappa shape index (κ2) is 13.5. The molecular formula is C28H33NO6. The van der Waals surface area contributed by atoms with E-state index >= 15 is 0 Å². The molecule has 3 aromatic carbocycles. The zero-order chi connectivity index (χ0) is 25.0. The summed E-state index contributed by atoms with van der Waals surface area (Å²) in [5.41, 5.74) is 2.01. The van der Waals surface area contributed by atoms with Gasteiger partial charge in [-0.25, -0.2) is 4.79 Å². The molecule has 0 aliphatic carbocycles. The van der Waals surface area contributed by atoms with Gasteiger partial charge in [0.25, 0.3) is 0 Å². The van der Waals surface area contributed by atoms with E-state index in [1.54, 1.807) is 12.1 Å². The Kier molecular flexibility index (Phi) is 10.1. The molecule has 0 fully saturated rings. The third-order valence-electron chi connectivity index (χ3n) is 5.63. The summed E-state index contributed by atoms with van der Waals surface area (Å²) in [5.74, 6) is 0.139. The van der Waals surface area contributed by atoms with Crippen molar-refractivity contribution in [1.82, 2.24) is 4.90 Å². The maximum Gasteiger partial charge on any atom is 0.341 e. The summed E-state index contributed by atoms with van der Waals surface area (Å²) in [6.45, 7) is 1.97. The molecule has 3 N–H and O–H groups in total. The van der Waals surface area contributed by atoms with Crippen LogP contribution >= 0.6 is 0 Å². The molecule has 0 aliphatic rings. The normalized spacial score (nSPS) is 13.7. The van der Waals surface area contributed by atoms with Gasteiger partial charge in [-0.05, 0) is 48.7 Å². The Morgan fingerprint density at radius 3 is 2.00 bits per heavy atom. The van der Waals surface area contributed by atoms with Crippen LogP contribution in [0.3, 0.4) is 0 Å². The van der Waals surface area contributed by atoms with Crippen molar-refractivity contribution < 1.29 is 29.6 Å². The van der Waals surface area contributed by atoms with Crippen molar-refractivity contribution in [3.05, 3.63) is 96.1 Å². The van der Waals surface area contributed by atoms with Crippen molar-refractivity contribution in [2.24, 2.45) is 0 Å². The third-order valence-corrected chi connectivity index (χ3v) is 5.63. The molecule has 7 heteroatoms. The molecule has 7 nitrogen and oxygen atoms in total. The van der Waals surface area contributed by atoms with Gasteiger partial charge in [0.1, 0.15) is 30.4 Å². The number of nitrogens with zero attached hydrogens (tertiary/aromatic N) is 1. The molecule has 35 heavy (non-hydrogen) atoms. The van der Waals surface area contributed by atoms with E-state index in [-0.39, 0.29) is 19.2 Å². The number of benzene rings is 3. The number of aliphatic hydroxyl groups excluding tert-OH is 2. The van der Waals surface area contributed by atoms with Crippen molar-refractivity contribution in [3.63, 3.8) is 0 Å². The molecule has 0 heterocycles. The van der Waals surface area contributed by atoms with Crippen LogP contribution in [0, 0.1) is 0 Å². The van der Waals surface area contributed by atoms with Gasteiger partial charge in [0.05, 0.1) is 0 Å². The van der Waals surface area contributed by atoms with E-state index in [1.807, 2.05) is 84.6 Å². The topological polar surface area (TPSA) is 99.5 Å². The van der Waals surface area contributed by atoms with E-state index in [0.717, 1.165) is 11.1 Å². The van der Waals surface area contributed by atoms with Gasteiger partial charge < -0.3 is 24.8 Å². The highest BCUT2D eigenvalue weighted by Crippen LogP contribution is 2.18. The molecule has 186 valence electrons. The molecule has 3 atom stereocenters. The highest BCUT2D eigenvalue weighted by atomic mass is 16.5. The van der Waals surface area contributed by atoms with E-state index in [0.29, 0.717) is 24.3 Å². The van der Waals surface area contributed by atoms with Crippen LogP contribution in [0.4, 0.5) is 0 Å². The van der Waals surface area contributed by atoms with Crippen molar-refractivity contribution in [2.45, 2.75) is 38.1 Å². The van der Waals surface area contributed by atoms with Crippen molar-refractivity contribution in [1.29, 1.82) is 0 Å². The van der Waals surface area contributed by atoms with E-state index < -0.39 is 24.9 Å². The van der Waals surface area contributed by atoms with Gasteiger partial charge in [-0.2, -0.15) is 0 Å². The number of hydrogen-bond acceptors (Lipinski definition) is 6. The number of para-hydroxylation sites is 1. The zero-order valence-electron chi connectivity index (χ0n) is 19.9. The number of aliphatic hydroxyl groups is 2. The predicted octanol–water partition coefficient (Wildman–Crippen LogP) is 3.38. The van der Waals surface area contributed by atoms with Crippen LogP contribution in [0.25, 0.3) is 0 Å². The molecule has 0 saturated carbocycles. The molecule has 3 aromatic rings. The lowest BCUT2D eigenvalue weighted by Gasteiger charge is -2.35. The zero-order valence-corrected chi connectivity index (χ0v) is 19.9. The predicted molar refractivity (Wildman–Crippen MR) is 134 cm³/mol. The summed E-state index contributed by atoms with van der Waals surface area (Å²) in [5, 5.41) is 30.6. The van der Waals surface area contributed by atoms with Crippen LogP contribution in [0.15, 0.2) is 84.9 Å². The molecule has 0 aliphatic heterocycles. The lowest BCUT2D eigenvalue weighted by molar-refractivity contribution is -0.139. The van der Waals surface area contributed by atoms with Gasteiger partial charge in [0, 0.05) is 19.0 Å². The minimum absolute atomic E-state index is 0.0918. The average molecular weight is 480 g/mol. The van der Waals surface area contributed by atoms with Gasteiger partial charge in [0.2, 0.25) is 0 Å². The third kappa shape index (κ3) is 9.05. The first-order chi connectivity index (χ1) is 16.9. The van der Waals surface area contributed by atoms with Gasteiger partial charge >= 0.3 is 5.97 Å². The fourth-order valence-corrected chi connectivity index (χ4v) is 3.87. The molecule has 0 bridgehead atoms. The van der Waals surface area contributed by atoms with Crippen LogP contribution in [0.5, 0.6) is 11.5 Å². The first kappa shape index (κ1) is 26.2. The van der Waals surface area contributed by atoms with E-state index in [4.69, 9.17) is 14.6 Å². The molecule has 0 spiro atoms. The minimum Gasteiger partial charge on any atom is -0.491 e. The first-order valence-electron chi connectivity index (χ1n) is 11.7. The smallest absolute Gasteiger partial charge is 0.341 e. The van der Waals surface area contributed by atoms with E-state index in [1.165, 1.54) is 0 Å². The largest absolute Gasteiger partial charge is 0.491 e. The van der Waals surface area contributed by atoms with Gasteiger partial charge in [-0.3, -0.25) is 4.90 Å². The maximum atomic E-state index is 11.1. The molecule has 0 radical (unpaired) electrons. The highest BCUT2D eigenvalue weighted by molar-refractivity contribution is 5.68. The fraction of sp³-hybridized carbons (Fsp3) is 0.321. The standard InChI is InChI=1S/C28H33NO6/c1-21(16-23-12-14-26(15-13-23)35-20-28(32)33)29(27(31)17-22-8-4-2-5-9-22)18-24(30)19-34-25-10-6-3-7-11-25/h2-15,21,24,27,30-31H,16-20H2,1H3,(H,32,33)/t21-,24-,27-/m1/s1. The summed E-state index contributed by atoms with van der Waals surface area (Å²) in [7, 11) is 0. The Morgan fingerprint density at radius 1 is 0.800 bits per heavy atom. The summed E-state index contributed by atoms with van der Waals surface area (Å²) >= 11 is 0. The second-order valence-corrected chi connectivity index (χ2v) is 8.52. The fourth-order valence-electron chi connectivity index (χ4n) is 3.87. The number of carboxylic acid groups (broad SMARTS) is 1. The SMILES string of the molecule is C[C@H](Cc1ccc(OCC(=O)O)cc1)N(C[C@@H](O)COc1ccccc1)[C@H](O)Cc1ccccc1. The van der Waals surface area contributed by atoms with Crippen LogP contribution in [0.2, 0.25) is 0 Å². The lowest BCUT2D eigenvalue weighted by Crippen LogP contribution is -2.48. The summed E-state index contributed by atoms with van der Waals surface area (Å²) in [6, 6.07) is 26.2. The van der Waals surface area contributed by atoms with Crippen LogP contribution in [0.1, 0.15) is 18.1 Å². The first-order valence-corrected chi connectivity index (χ1v) is 11.7. The molecule has 0 saturated heterocycles. The van der Waals surface area contributed by atoms with Crippen LogP contribution in [-0.4, -0.2) is 64.3 Å². The van der Waals surface area contributed by atoms with Crippen LogP contribution < -0.4 is 9.47 Å². The minimum atomic E-state index is -1.03. The van der Waals surface area contributed by atoms with Crippen LogP contribution in [-0.2, 0) is 17.6 Å². The van der Waals surface area contributed by atoms with Crippen molar-refractivity contribution in [2.75, 3.05) is 19.8 Å². The number of hydrogen-bond donors (Lipinski definition) is 3.